The number of nitrogens with two attached hydrogens (primary N) is 1. The lowest BCUT2D eigenvalue weighted by Crippen LogP contribution is -2.36. The average molecular weight is 249 g/mol. The number of hydrogen-bond donors (Lipinski definition) is 1. The molecule has 0 aromatic heterocycles. The minimum atomic E-state index is -0.356. The van der Waals surface area contributed by atoms with Gasteiger partial charge in [0.1, 0.15) is 0 Å². The van der Waals surface area contributed by atoms with Crippen molar-refractivity contribution in [2.45, 2.75) is 25.3 Å². The van der Waals surface area contributed by atoms with Crippen LogP contribution in [-0.2, 0) is 0 Å². The van der Waals surface area contributed by atoms with Crippen LogP contribution in [0.2, 0.25) is 0 Å². The molecular weight excluding hydrogens is 230 g/mol. The minimum Gasteiger partial charge on any atom is -0.323 e. The van der Waals surface area contributed by atoms with Crippen molar-refractivity contribution in [2.75, 3.05) is 19.6 Å². The number of nitro benzene ring substituents is 1. The lowest BCUT2D eigenvalue weighted by atomic mass is 10.0. The highest BCUT2D eigenvalue weighted by Crippen LogP contribution is 2.24. The molecule has 98 valence electrons. The molecule has 2 rings (SSSR count). The molecule has 18 heavy (non-hydrogen) atoms. The van der Waals surface area contributed by atoms with Gasteiger partial charge in [-0.05, 0) is 25.9 Å². The van der Waals surface area contributed by atoms with Crippen LogP contribution in [0.3, 0.4) is 0 Å². The van der Waals surface area contributed by atoms with Gasteiger partial charge >= 0.3 is 0 Å². The monoisotopic (exact) mass is 249 g/mol. The van der Waals surface area contributed by atoms with Gasteiger partial charge in [0, 0.05) is 24.2 Å². The minimum absolute atomic E-state index is 0.127. The molecule has 1 aromatic rings. The number of rotatable bonds is 4. The van der Waals surface area contributed by atoms with Crippen LogP contribution >= 0.6 is 0 Å². The number of hydrogen-bond acceptors (Lipinski definition) is 4. The van der Waals surface area contributed by atoms with Gasteiger partial charge in [-0.2, -0.15) is 0 Å². The van der Waals surface area contributed by atoms with E-state index < -0.39 is 0 Å². The number of nitrogens with zero attached hydrogens (tertiary/aromatic N) is 2. The molecule has 1 saturated heterocycles. The third-order valence-corrected chi connectivity index (χ3v) is 3.44. The zero-order valence-corrected chi connectivity index (χ0v) is 10.4. The second-order valence-corrected chi connectivity index (χ2v) is 4.78. The smallest absolute Gasteiger partial charge is 0.274 e. The maximum atomic E-state index is 11.0. The highest BCUT2D eigenvalue weighted by atomic mass is 16.6. The van der Waals surface area contributed by atoms with E-state index in [0.717, 1.165) is 13.1 Å². The highest BCUT2D eigenvalue weighted by molar-refractivity contribution is 5.42. The third kappa shape index (κ3) is 3.05. The van der Waals surface area contributed by atoms with Gasteiger partial charge in [-0.15, -0.1) is 0 Å². The maximum absolute atomic E-state index is 11.0. The van der Waals surface area contributed by atoms with Crippen molar-refractivity contribution in [3.05, 3.63) is 39.9 Å². The van der Waals surface area contributed by atoms with Crippen LogP contribution in [0.25, 0.3) is 0 Å². The molecule has 5 heteroatoms. The molecule has 5 nitrogen and oxygen atoms in total. The first-order valence-electron chi connectivity index (χ1n) is 6.40. The predicted molar refractivity (Wildman–Crippen MR) is 70.3 cm³/mol. The van der Waals surface area contributed by atoms with Crippen molar-refractivity contribution in [2.24, 2.45) is 5.73 Å². The summed E-state index contributed by atoms with van der Waals surface area (Å²) in [4.78, 5) is 12.9. The van der Waals surface area contributed by atoms with E-state index in [0.29, 0.717) is 12.1 Å². The number of para-hydroxylation sites is 1. The van der Waals surface area contributed by atoms with Crippen LogP contribution in [0.1, 0.15) is 30.9 Å². The number of likely N-dealkylation sites (tertiary alicyclic amines) is 1. The molecule has 1 aromatic carbocycles. The second-order valence-electron chi connectivity index (χ2n) is 4.78. The van der Waals surface area contributed by atoms with E-state index >= 15 is 0 Å². The molecule has 1 atom stereocenters. The Labute approximate surface area is 107 Å². The van der Waals surface area contributed by atoms with Crippen LogP contribution in [0.5, 0.6) is 0 Å². The number of benzene rings is 1. The summed E-state index contributed by atoms with van der Waals surface area (Å²) in [5.41, 5.74) is 6.88. The number of nitro groups is 1. The molecule has 0 saturated carbocycles. The summed E-state index contributed by atoms with van der Waals surface area (Å²) in [6.45, 7) is 2.80. The summed E-state index contributed by atoms with van der Waals surface area (Å²) in [5, 5.41) is 11.0. The van der Waals surface area contributed by atoms with Crippen molar-refractivity contribution in [1.29, 1.82) is 0 Å². The van der Waals surface area contributed by atoms with Crippen molar-refractivity contribution >= 4 is 5.69 Å². The molecule has 0 spiro atoms. The SMILES string of the molecule is NC(CN1CCCCC1)c1ccccc1[N+](=O)[O-]. The summed E-state index contributed by atoms with van der Waals surface area (Å²) in [5.74, 6) is 0. The summed E-state index contributed by atoms with van der Waals surface area (Å²) in [7, 11) is 0. The van der Waals surface area contributed by atoms with Crippen LogP contribution in [-0.4, -0.2) is 29.5 Å². The Morgan fingerprint density at radius 1 is 1.28 bits per heavy atom. The van der Waals surface area contributed by atoms with E-state index in [9.17, 15) is 10.1 Å². The van der Waals surface area contributed by atoms with E-state index in [1.54, 1.807) is 18.2 Å². The van der Waals surface area contributed by atoms with Crippen molar-refractivity contribution in [3.8, 4) is 0 Å². The van der Waals surface area contributed by atoms with Crippen LogP contribution in [0.4, 0.5) is 5.69 Å². The van der Waals surface area contributed by atoms with E-state index in [1.165, 1.54) is 25.3 Å². The van der Waals surface area contributed by atoms with E-state index in [4.69, 9.17) is 5.73 Å². The molecule has 1 aliphatic rings. The molecule has 1 heterocycles. The second kappa shape index (κ2) is 5.93. The molecule has 0 bridgehead atoms. The standard InChI is InChI=1S/C13H19N3O2/c14-12(10-15-8-4-1-5-9-15)11-6-2-3-7-13(11)16(17)18/h2-3,6-7,12H,1,4-5,8-10,14H2. The fourth-order valence-corrected chi connectivity index (χ4v) is 2.49. The fraction of sp³-hybridized carbons (Fsp3) is 0.538. The first-order valence-corrected chi connectivity index (χ1v) is 6.40. The van der Waals surface area contributed by atoms with Gasteiger partial charge < -0.3 is 10.6 Å². The Hall–Kier alpha value is -1.46. The predicted octanol–water partition coefficient (Wildman–Crippen LogP) is 2.08. The van der Waals surface area contributed by atoms with Crippen LogP contribution in [0.15, 0.2) is 24.3 Å². The van der Waals surface area contributed by atoms with Crippen molar-refractivity contribution < 1.29 is 4.92 Å². The van der Waals surface area contributed by atoms with Crippen molar-refractivity contribution in [1.82, 2.24) is 4.90 Å². The molecular formula is C13H19N3O2. The van der Waals surface area contributed by atoms with Gasteiger partial charge in [0.05, 0.1) is 4.92 Å². The van der Waals surface area contributed by atoms with Gasteiger partial charge in [0.25, 0.3) is 5.69 Å². The van der Waals surface area contributed by atoms with Gasteiger partial charge in [0.2, 0.25) is 0 Å². The Balaban J connectivity index is 2.08. The molecule has 0 amide bonds. The first kappa shape index (κ1) is 13.0. The first-order chi connectivity index (χ1) is 8.68. The third-order valence-electron chi connectivity index (χ3n) is 3.44. The van der Waals surface area contributed by atoms with Gasteiger partial charge in [-0.1, -0.05) is 24.6 Å². The van der Waals surface area contributed by atoms with Gasteiger partial charge in [-0.3, -0.25) is 10.1 Å². The summed E-state index contributed by atoms with van der Waals surface area (Å²) >= 11 is 0. The molecule has 1 unspecified atom stereocenters. The zero-order valence-electron chi connectivity index (χ0n) is 10.4. The van der Waals surface area contributed by atoms with Crippen molar-refractivity contribution in [3.63, 3.8) is 0 Å². The Bertz CT molecular complexity index is 416. The zero-order chi connectivity index (χ0) is 13.0. The largest absolute Gasteiger partial charge is 0.323 e. The van der Waals surface area contributed by atoms with Crippen LogP contribution in [0, 0.1) is 10.1 Å². The normalized spacial score (nSPS) is 18.5. The van der Waals surface area contributed by atoms with Gasteiger partial charge in [0.15, 0.2) is 0 Å². The molecule has 2 N–H and O–H groups in total. The Morgan fingerprint density at radius 3 is 2.61 bits per heavy atom. The average Bonchev–Trinajstić information content (AvgIpc) is 2.40. The van der Waals surface area contributed by atoms with E-state index in [2.05, 4.69) is 4.90 Å². The molecule has 0 aliphatic carbocycles. The molecule has 0 radical (unpaired) electrons. The summed E-state index contributed by atoms with van der Waals surface area (Å²) < 4.78 is 0. The number of piperidine rings is 1. The van der Waals surface area contributed by atoms with E-state index in [1.807, 2.05) is 0 Å². The lowest BCUT2D eigenvalue weighted by molar-refractivity contribution is -0.385. The maximum Gasteiger partial charge on any atom is 0.274 e. The summed E-state index contributed by atoms with van der Waals surface area (Å²) in [6, 6.07) is 6.47. The van der Waals surface area contributed by atoms with E-state index in [-0.39, 0.29) is 16.7 Å². The fourth-order valence-electron chi connectivity index (χ4n) is 2.49. The highest BCUT2D eigenvalue weighted by Gasteiger charge is 2.21. The molecule has 1 aliphatic heterocycles. The quantitative estimate of drug-likeness (QED) is 0.655. The van der Waals surface area contributed by atoms with Crippen LogP contribution < -0.4 is 5.73 Å². The summed E-state index contributed by atoms with van der Waals surface area (Å²) in [6.07, 6.45) is 3.67. The topological polar surface area (TPSA) is 72.4 Å². The lowest BCUT2D eigenvalue weighted by Gasteiger charge is -2.28. The Morgan fingerprint density at radius 2 is 1.94 bits per heavy atom. The van der Waals surface area contributed by atoms with Gasteiger partial charge in [-0.25, -0.2) is 0 Å². The Kier molecular flexibility index (Phi) is 4.28. The molecule has 1 fully saturated rings.